The van der Waals surface area contributed by atoms with Crippen LogP contribution in [0.4, 0.5) is 4.39 Å². The van der Waals surface area contributed by atoms with E-state index in [9.17, 15) is 4.39 Å². The molecule has 132 valence electrons. The largest absolute Gasteiger partial charge is 0.496 e. The van der Waals surface area contributed by atoms with E-state index in [2.05, 4.69) is 20.1 Å². The molecule has 0 saturated carbocycles. The van der Waals surface area contributed by atoms with Crippen molar-refractivity contribution in [2.24, 2.45) is 0 Å². The van der Waals surface area contributed by atoms with E-state index in [0.717, 1.165) is 33.9 Å². The number of aryl methyl sites for hydroxylation is 4. The summed E-state index contributed by atoms with van der Waals surface area (Å²) in [5, 5.41) is 5.35. The Labute approximate surface area is 149 Å². The lowest BCUT2D eigenvalue weighted by Gasteiger charge is -2.08. The molecule has 3 aromatic heterocycles. The molecule has 0 N–H and O–H groups in total. The highest BCUT2D eigenvalue weighted by molar-refractivity contribution is 5.85. The van der Waals surface area contributed by atoms with Gasteiger partial charge in [-0.05, 0) is 32.4 Å². The summed E-state index contributed by atoms with van der Waals surface area (Å²) in [7, 11) is 1.60. The van der Waals surface area contributed by atoms with Gasteiger partial charge in [0.2, 0.25) is 0 Å². The van der Waals surface area contributed by atoms with Gasteiger partial charge >= 0.3 is 0 Å². The molecule has 6 nitrogen and oxygen atoms in total. The number of ether oxygens (including phenoxy) is 1. The zero-order valence-corrected chi connectivity index (χ0v) is 14.8. The first-order valence-corrected chi connectivity index (χ1v) is 8.36. The molecule has 26 heavy (non-hydrogen) atoms. The Kier molecular flexibility index (Phi) is 3.99. The fourth-order valence-corrected chi connectivity index (χ4v) is 3.00. The average molecular weight is 351 g/mol. The summed E-state index contributed by atoms with van der Waals surface area (Å²) >= 11 is 0. The quantitative estimate of drug-likeness (QED) is 0.565. The molecule has 0 unspecified atom stereocenters. The van der Waals surface area contributed by atoms with Gasteiger partial charge in [-0.3, -0.25) is 9.97 Å². The van der Waals surface area contributed by atoms with Gasteiger partial charge in [-0.15, -0.1) is 0 Å². The van der Waals surface area contributed by atoms with Crippen LogP contribution in [0.15, 0.2) is 30.5 Å². The topological polar surface area (TPSA) is 65.2 Å². The Balaban J connectivity index is 1.65. The van der Waals surface area contributed by atoms with Gasteiger partial charge in [-0.25, -0.2) is 13.9 Å². The maximum Gasteiger partial charge on any atom is 0.177 e. The molecular formula is C19H18FN5O. The van der Waals surface area contributed by atoms with Crippen LogP contribution in [0.3, 0.4) is 0 Å². The normalized spacial score (nSPS) is 11.4. The number of rotatable bonds is 4. The number of halogens is 1. The van der Waals surface area contributed by atoms with Gasteiger partial charge in [0.15, 0.2) is 11.5 Å². The molecule has 0 radical (unpaired) electrons. The highest BCUT2D eigenvalue weighted by Crippen LogP contribution is 2.26. The SMILES string of the molecule is COc1cc(CCc2nc3c(C)ncc(C)n3n2)nc2cc(F)ccc12. The van der Waals surface area contributed by atoms with E-state index in [4.69, 9.17) is 4.74 Å². The number of pyridine rings is 1. The predicted molar refractivity (Wildman–Crippen MR) is 95.9 cm³/mol. The summed E-state index contributed by atoms with van der Waals surface area (Å²) < 4.78 is 20.8. The van der Waals surface area contributed by atoms with Gasteiger partial charge in [0, 0.05) is 35.8 Å². The Bertz CT molecular complexity index is 1080. The molecule has 4 aromatic rings. The lowest BCUT2D eigenvalue weighted by Crippen LogP contribution is -2.00. The van der Waals surface area contributed by atoms with Crippen molar-refractivity contribution in [1.29, 1.82) is 0 Å². The van der Waals surface area contributed by atoms with Crippen LogP contribution in [0, 0.1) is 19.7 Å². The molecule has 0 bridgehead atoms. The summed E-state index contributed by atoms with van der Waals surface area (Å²) in [6.07, 6.45) is 3.04. The van der Waals surface area contributed by atoms with Gasteiger partial charge in [-0.2, -0.15) is 5.10 Å². The minimum Gasteiger partial charge on any atom is -0.496 e. The summed E-state index contributed by atoms with van der Waals surface area (Å²) in [6.45, 7) is 3.86. The third-order valence-corrected chi connectivity index (χ3v) is 4.37. The number of benzene rings is 1. The first-order valence-electron chi connectivity index (χ1n) is 8.36. The second kappa shape index (κ2) is 6.33. The molecule has 0 atom stereocenters. The molecule has 0 aliphatic rings. The van der Waals surface area contributed by atoms with Crippen molar-refractivity contribution in [3.8, 4) is 5.75 Å². The highest BCUT2D eigenvalue weighted by Gasteiger charge is 2.11. The van der Waals surface area contributed by atoms with Gasteiger partial charge in [0.05, 0.1) is 24.0 Å². The fraction of sp³-hybridized carbons (Fsp3) is 0.263. The van der Waals surface area contributed by atoms with Crippen molar-refractivity contribution >= 4 is 16.6 Å². The van der Waals surface area contributed by atoms with E-state index in [-0.39, 0.29) is 5.82 Å². The molecule has 0 spiro atoms. The van der Waals surface area contributed by atoms with E-state index in [1.54, 1.807) is 23.9 Å². The third kappa shape index (κ3) is 2.85. The van der Waals surface area contributed by atoms with E-state index < -0.39 is 0 Å². The van der Waals surface area contributed by atoms with Gasteiger partial charge in [0.25, 0.3) is 0 Å². The lowest BCUT2D eigenvalue weighted by molar-refractivity contribution is 0.418. The Hall–Kier alpha value is -3.09. The van der Waals surface area contributed by atoms with Crippen molar-refractivity contribution in [1.82, 2.24) is 24.6 Å². The van der Waals surface area contributed by atoms with Crippen molar-refractivity contribution in [2.45, 2.75) is 26.7 Å². The van der Waals surface area contributed by atoms with E-state index >= 15 is 0 Å². The molecule has 0 amide bonds. The van der Waals surface area contributed by atoms with E-state index in [1.165, 1.54) is 12.1 Å². The van der Waals surface area contributed by atoms with Crippen molar-refractivity contribution in [3.63, 3.8) is 0 Å². The van der Waals surface area contributed by atoms with Crippen molar-refractivity contribution in [3.05, 3.63) is 59.2 Å². The van der Waals surface area contributed by atoms with E-state index in [1.807, 2.05) is 19.9 Å². The Morgan fingerprint density at radius 2 is 1.96 bits per heavy atom. The van der Waals surface area contributed by atoms with Crippen LogP contribution in [0.2, 0.25) is 0 Å². The third-order valence-electron chi connectivity index (χ3n) is 4.37. The van der Waals surface area contributed by atoms with Gasteiger partial charge in [0.1, 0.15) is 11.6 Å². The smallest absolute Gasteiger partial charge is 0.177 e. The summed E-state index contributed by atoms with van der Waals surface area (Å²) in [4.78, 5) is 13.4. The molecule has 7 heteroatoms. The molecule has 0 saturated heterocycles. The maximum atomic E-state index is 13.5. The number of fused-ring (bicyclic) bond motifs is 2. The van der Waals surface area contributed by atoms with Gasteiger partial charge < -0.3 is 4.74 Å². The first kappa shape index (κ1) is 16.4. The zero-order valence-electron chi connectivity index (χ0n) is 14.8. The first-order chi connectivity index (χ1) is 12.5. The van der Waals surface area contributed by atoms with Crippen molar-refractivity contribution in [2.75, 3.05) is 7.11 Å². The standard InChI is InChI=1S/C19H18FN5O/c1-11-10-21-12(2)19-23-18(24-25(11)19)7-5-14-9-17(26-3)15-6-4-13(20)8-16(15)22-14/h4,6,8-10H,5,7H2,1-3H3. The summed E-state index contributed by atoms with van der Waals surface area (Å²) in [5.41, 5.74) is 3.94. The molecule has 0 aliphatic heterocycles. The van der Waals surface area contributed by atoms with Crippen LogP contribution in [0.5, 0.6) is 5.75 Å². The molecule has 0 fully saturated rings. The molecular weight excluding hydrogens is 333 g/mol. The monoisotopic (exact) mass is 351 g/mol. The molecule has 0 aliphatic carbocycles. The van der Waals surface area contributed by atoms with Crippen LogP contribution in [-0.4, -0.2) is 31.7 Å². The second-order valence-electron chi connectivity index (χ2n) is 6.23. The second-order valence-corrected chi connectivity index (χ2v) is 6.23. The van der Waals surface area contributed by atoms with E-state index in [0.29, 0.717) is 24.1 Å². The summed E-state index contributed by atoms with van der Waals surface area (Å²) in [6, 6.07) is 6.39. The van der Waals surface area contributed by atoms with Crippen molar-refractivity contribution < 1.29 is 9.13 Å². The minimum atomic E-state index is -0.315. The van der Waals surface area contributed by atoms with Crippen LogP contribution in [0.1, 0.15) is 22.9 Å². The molecule has 1 aromatic carbocycles. The van der Waals surface area contributed by atoms with Gasteiger partial charge in [-0.1, -0.05) is 0 Å². The zero-order chi connectivity index (χ0) is 18.3. The number of methoxy groups -OCH3 is 1. The Morgan fingerprint density at radius 3 is 2.73 bits per heavy atom. The Morgan fingerprint density at radius 1 is 1.12 bits per heavy atom. The van der Waals surface area contributed by atoms with Crippen LogP contribution in [-0.2, 0) is 12.8 Å². The van der Waals surface area contributed by atoms with Crippen LogP contribution < -0.4 is 4.74 Å². The number of aromatic nitrogens is 5. The van der Waals surface area contributed by atoms with Crippen LogP contribution in [0.25, 0.3) is 16.6 Å². The van der Waals surface area contributed by atoms with Crippen LogP contribution >= 0.6 is 0 Å². The summed E-state index contributed by atoms with van der Waals surface area (Å²) in [5.74, 6) is 1.10. The highest BCUT2D eigenvalue weighted by atomic mass is 19.1. The fourth-order valence-electron chi connectivity index (χ4n) is 3.00. The molecule has 3 heterocycles. The number of nitrogens with zero attached hydrogens (tertiary/aromatic N) is 5. The maximum absolute atomic E-state index is 13.5. The lowest BCUT2D eigenvalue weighted by atomic mass is 10.1. The number of hydrogen-bond acceptors (Lipinski definition) is 5. The molecule has 4 rings (SSSR count). The minimum absolute atomic E-state index is 0.315. The average Bonchev–Trinajstić information content (AvgIpc) is 3.07. The number of hydrogen-bond donors (Lipinski definition) is 0. The predicted octanol–water partition coefficient (Wildman–Crippen LogP) is 3.22.